The number of benzene rings is 3. The van der Waals surface area contributed by atoms with E-state index in [4.69, 9.17) is 23.8 Å². The molecule has 0 bridgehead atoms. The van der Waals surface area contributed by atoms with Gasteiger partial charge in [-0.05, 0) is 66.8 Å². The van der Waals surface area contributed by atoms with Gasteiger partial charge in [-0.15, -0.1) is 0 Å². The van der Waals surface area contributed by atoms with Gasteiger partial charge in [0.25, 0.3) is 0 Å². The monoisotopic (exact) mass is 666 g/mol. The van der Waals surface area contributed by atoms with Crippen LogP contribution in [0.2, 0.25) is 5.02 Å². The molecule has 3 N–H and O–H groups in total. The van der Waals surface area contributed by atoms with E-state index < -0.39 is 29.5 Å². The molecule has 16 heteroatoms. The minimum atomic E-state index is -2.00. The number of hydrazine groups is 1. The first kappa shape index (κ1) is 31.3. The topological polar surface area (TPSA) is 121 Å². The van der Waals surface area contributed by atoms with Crippen LogP contribution in [0.1, 0.15) is 5.56 Å². The van der Waals surface area contributed by atoms with Gasteiger partial charge in [-0.2, -0.15) is 10.2 Å². The smallest absolute Gasteiger partial charge is 0.350 e. The van der Waals surface area contributed by atoms with E-state index in [1.165, 1.54) is 28.2 Å². The van der Waals surface area contributed by atoms with Crippen LogP contribution in [0.25, 0.3) is 5.69 Å². The maximum atomic E-state index is 14.8. The van der Waals surface area contributed by atoms with E-state index in [0.29, 0.717) is 21.9 Å². The number of thiocarbonyl (C=S) groups is 1. The standard InChI is InChI=1S/C30H29ClF2N10O2S/c31-21-1-4-23(5-2-21)37-28(46)38-40-13-11-39(12-14-40)24-6-8-25(9-7-24)42-20-36-43(29(42)44)17-30(45,16-41-19-34-18-35-41)26-10-3-22(32)15-27(26)33/h1-10,15,18-20,45H,11-14,16-17H2,(H2,37,38,46). The molecule has 238 valence electrons. The second-order valence-corrected chi connectivity index (χ2v) is 11.6. The Kier molecular flexibility index (Phi) is 9.08. The van der Waals surface area contributed by atoms with Crippen molar-refractivity contribution in [3.05, 3.63) is 118 Å². The number of nitrogens with one attached hydrogen (secondary N) is 2. The Morgan fingerprint density at radius 1 is 0.935 bits per heavy atom. The summed E-state index contributed by atoms with van der Waals surface area (Å²) in [6, 6.07) is 17.6. The minimum absolute atomic E-state index is 0.204. The van der Waals surface area contributed by atoms with Crippen molar-refractivity contribution in [3.8, 4) is 5.69 Å². The molecule has 5 aromatic rings. The molecule has 1 unspecified atom stereocenters. The van der Waals surface area contributed by atoms with Crippen molar-refractivity contribution in [2.75, 3.05) is 36.4 Å². The number of aliphatic hydroxyl groups is 1. The minimum Gasteiger partial charge on any atom is -0.381 e. The van der Waals surface area contributed by atoms with E-state index >= 15 is 0 Å². The Morgan fingerprint density at radius 3 is 2.33 bits per heavy atom. The number of rotatable bonds is 9. The number of hydrogen-bond donors (Lipinski definition) is 3. The normalized spacial score (nSPS) is 15.0. The molecule has 12 nitrogen and oxygen atoms in total. The highest BCUT2D eigenvalue weighted by Crippen LogP contribution is 2.28. The van der Waals surface area contributed by atoms with Crippen LogP contribution >= 0.6 is 23.8 Å². The Morgan fingerprint density at radius 2 is 1.65 bits per heavy atom. The lowest BCUT2D eigenvalue weighted by molar-refractivity contribution is -0.00948. The average Bonchev–Trinajstić information content (AvgIpc) is 3.68. The fourth-order valence-electron chi connectivity index (χ4n) is 5.28. The van der Waals surface area contributed by atoms with Crippen LogP contribution in [0.3, 0.4) is 0 Å². The zero-order valence-corrected chi connectivity index (χ0v) is 25.9. The Bertz CT molecular complexity index is 1860. The molecular formula is C30H29ClF2N10O2S. The summed E-state index contributed by atoms with van der Waals surface area (Å²) in [6.07, 6.45) is 3.94. The predicted molar refractivity (Wildman–Crippen MR) is 173 cm³/mol. The molecule has 1 fully saturated rings. The number of nitrogens with zero attached hydrogens (tertiary/aromatic N) is 8. The summed E-state index contributed by atoms with van der Waals surface area (Å²) < 4.78 is 32.1. The molecular weight excluding hydrogens is 638 g/mol. The largest absolute Gasteiger partial charge is 0.381 e. The molecule has 0 radical (unpaired) electrons. The van der Waals surface area contributed by atoms with Crippen LogP contribution in [-0.4, -0.2) is 70.5 Å². The number of anilines is 2. The summed E-state index contributed by atoms with van der Waals surface area (Å²) >= 11 is 11.4. The van der Waals surface area contributed by atoms with E-state index in [1.807, 2.05) is 29.3 Å². The molecule has 1 aliphatic heterocycles. The lowest BCUT2D eigenvalue weighted by Gasteiger charge is -2.36. The van der Waals surface area contributed by atoms with Gasteiger partial charge in [0.2, 0.25) is 0 Å². The highest BCUT2D eigenvalue weighted by molar-refractivity contribution is 7.80. The van der Waals surface area contributed by atoms with Gasteiger partial charge in [-0.25, -0.2) is 37.5 Å². The second kappa shape index (κ2) is 13.3. The zero-order valence-electron chi connectivity index (χ0n) is 24.3. The molecule has 3 heterocycles. The maximum Gasteiger partial charge on any atom is 0.350 e. The van der Waals surface area contributed by atoms with Crippen molar-refractivity contribution in [1.29, 1.82) is 0 Å². The third kappa shape index (κ3) is 7.07. The summed E-state index contributed by atoms with van der Waals surface area (Å²) in [4.78, 5) is 19.5. The van der Waals surface area contributed by atoms with Gasteiger partial charge in [-0.1, -0.05) is 17.7 Å². The van der Waals surface area contributed by atoms with Gasteiger partial charge in [0.15, 0.2) is 5.11 Å². The number of halogens is 3. The van der Waals surface area contributed by atoms with Crippen molar-refractivity contribution in [1.82, 2.24) is 39.5 Å². The molecule has 1 atom stereocenters. The molecule has 1 aliphatic rings. The lowest BCUT2D eigenvalue weighted by atomic mass is 9.93. The molecule has 0 saturated carbocycles. The zero-order chi connectivity index (χ0) is 32.3. The highest BCUT2D eigenvalue weighted by Gasteiger charge is 2.35. The third-order valence-corrected chi connectivity index (χ3v) is 8.05. The van der Waals surface area contributed by atoms with Crippen molar-refractivity contribution in [2.45, 2.75) is 18.7 Å². The molecule has 46 heavy (non-hydrogen) atoms. The van der Waals surface area contributed by atoms with Crippen LogP contribution in [0.4, 0.5) is 20.2 Å². The summed E-state index contributed by atoms with van der Waals surface area (Å²) in [7, 11) is 0. The Labute approximate surface area is 272 Å². The van der Waals surface area contributed by atoms with E-state index in [2.05, 4.69) is 30.8 Å². The van der Waals surface area contributed by atoms with Crippen molar-refractivity contribution in [2.24, 2.45) is 0 Å². The van der Waals surface area contributed by atoms with Crippen LogP contribution < -0.4 is 21.3 Å². The van der Waals surface area contributed by atoms with Gasteiger partial charge >= 0.3 is 5.69 Å². The van der Waals surface area contributed by atoms with Gasteiger partial charge in [0.1, 0.15) is 36.2 Å². The van der Waals surface area contributed by atoms with Crippen molar-refractivity contribution < 1.29 is 13.9 Å². The van der Waals surface area contributed by atoms with Gasteiger partial charge < -0.3 is 15.3 Å². The second-order valence-electron chi connectivity index (χ2n) is 10.8. The first-order chi connectivity index (χ1) is 22.2. The molecule has 3 aromatic carbocycles. The Balaban J connectivity index is 1.10. The van der Waals surface area contributed by atoms with Crippen LogP contribution in [-0.2, 0) is 18.7 Å². The first-order valence-electron chi connectivity index (χ1n) is 14.3. The highest BCUT2D eigenvalue weighted by atomic mass is 35.5. The molecule has 0 spiro atoms. The lowest BCUT2D eigenvalue weighted by Crippen LogP contribution is -2.54. The molecule has 0 aliphatic carbocycles. The predicted octanol–water partition coefficient (Wildman–Crippen LogP) is 3.17. The van der Waals surface area contributed by atoms with E-state index in [-0.39, 0.29) is 12.1 Å². The van der Waals surface area contributed by atoms with E-state index in [0.717, 1.165) is 54.4 Å². The first-order valence-corrected chi connectivity index (χ1v) is 15.0. The number of aromatic nitrogens is 6. The molecule has 0 amide bonds. The third-order valence-electron chi connectivity index (χ3n) is 7.60. The Hall–Kier alpha value is -4.70. The van der Waals surface area contributed by atoms with Gasteiger partial charge in [-0.3, -0.25) is 5.43 Å². The van der Waals surface area contributed by atoms with Crippen LogP contribution in [0, 0.1) is 11.6 Å². The maximum absolute atomic E-state index is 14.8. The molecule has 6 rings (SSSR count). The van der Waals surface area contributed by atoms with Crippen molar-refractivity contribution >= 4 is 40.3 Å². The van der Waals surface area contributed by atoms with E-state index in [1.54, 1.807) is 24.3 Å². The molecule has 2 aromatic heterocycles. The summed E-state index contributed by atoms with van der Waals surface area (Å²) in [5.74, 6) is -1.75. The fourth-order valence-corrected chi connectivity index (χ4v) is 5.65. The SMILES string of the molecule is O=c1n(-c2ccc(N3CCN(NC(=S)Nc4ccc(Cl)cc4)CC3)cc2)cnn1CC(O)(Cn1cncn1)c1ccc(F)cc1F. The average molecular weight is 667 g/mol. The molecule has 1 saturated heterocycles. The summed E-state index contributed by atoms with van der Waals surface area (Å²) in [6.45, 7) is 2.27. The summed E-state index contributed by atoms with van der Waals surface area (Å²) in [5, 5.41) is 26.1. The van der Waals surface area contributed by atoms with Crippen LogP contribution in [0.5, 0.6) is 0 Å². The fraction of sp³-hybridized carbons (Fsp3) is 0.233. The number of piperazine rings is 1. The van der Waals surface area contributed by atoms with Gasteiger partial charge in [0.05, 0.1) is 18.8 Å². The quantitative estimate of drug-likeness (QED) is 0.202. The van der Waals surface area contributed by atoms with Crippen LogP contribution in [0.15, 0.2) is 90.5 Å². The van der Waals surface area contributed by atoms with E-state index in [9.17, 15) is 18.7 Å². The summed E-state index contributed by atoms with van der Waals surface area (Å²) in [5.41, 5.74) is 2.87. The number of hydrogen-bond acceptors (Lipinski definition) is 8. The van der Waals surface area contributed by atoms with Crippen molar-refractivity contribution in [3.63, 3.8) is 0 Å². The van der Waals surface area contributed by atoms with Gasteiger partial charge in [0, 0.05) is 54.2 Å².